The van der Waals surface area contributed by atoms with Crippen LogP contribution in [0.25, 0.3) is 0 Å². The maximum Gasteiger partial charge on any atom is 0.186 e. The molecule has 1 rings (SSSR count). The van der Waals surface area contributed by atoms with E-state index < -0.39 is 43.4 Å². The Morgan fingerprint density at radius 1 is 1.27 bits per heavy atom. The van der Waals surface area contributed by atoms with Gasteiger partial charge in [0.05, 0.1) is 14.1 Å². The van der Waals surface area contributed by atoms with Crippen LogP contribution in [0.5, 0.6) is 0 Å². The second kappa shape index (κ2) is 5.20. The summed E-state index contributed by atoms with van der Waals surface area (Å²) < 4.78 is 17.6. The lowest BCUT2D eigenvalue weighted by Gasteiger charge is -2.40. The molecule has 0 spiro atoms. The minimum atomic E-state index is -1.47. The van der Waals surface area contributed by atoms with Gasteiger partial charge in [-0.15, -0.1) is 0 Å². The Balaban J connectivity index is 2.71. The molecular weight excluding hydrogens is 204 g/mol. The van der Waals surface area contributed by atoms with Crippen molar-refractivity contribution in [1.29, 1.82) is 0 Å². The number of hydrogen-bond acceptors (Lipinski definition) is 6. The van der Waals surface area contributed by atoms with E-state index in [1.165, 1.54) is 13.8 Å². The van der Waals surface area contributed by atoms with Crippen LogP contribution in [-0.2, 0) is 9.47 Å². The Hall–Kier alpha value is -0.240. The lowest BCUT2D eigenvalue weighted by Crippen LogP contribution is -2.59. The van der Waals surface area contributed by atoms with E-state index in [1.54, 1.807) is 0 Å². The van der Waals surface area contributed by atoms with E-state index in [0.717, 1.165) is 0 Å². The van der Waals surface area contributed by atoms with Gasteiger partial charge < -0.3 is 29.9 Å². The predicted octanol–water partition coefficient (Wildman–Crippen LogP) is -1.79. The average molecular weight is 223 g/mol. The smallest absolute Gasteiger partial charge is 0.186 e. The minimum Gasteiger partial charge on any atom is -0.394 e. The van der Waals surface area contributed by atoms with Crippen molar-refractivity contribution in [3.8, 4) is 0 Å². The molecule has 1 aliphatic rings. The van der Waals surface area contributed by atoms with Crippen molar-refractivity contribution in [3.05, 3.63) is 0 Å². The summed E-state index contributed by atoms with van der Waals surface area (Å²) in [5.74, 6) is 0. The van der Waals surface area contributed by atoms with E-state index in [1.807, 2.05) is 0 Å². The molecule has 0 aromatic carbocycles. The van der Waals surface area contributed by atoms with Crippen LogP contribution in [0, 0.1) is 0 Å². The molecule has 1 fully saturated rings. The fourth-order valence-electron chi connectivity index (χ4n) is 1.40. The topological polar surface area (TPSA) is 99.4 Å². The highest BCUT2D eigenvalue weighted by atomic mass is 16.7. The van der Waals surface area contributed by atoms with E-state index in [4.69, 9.17) is 16.0 Å². The van der Waals surface area contributed by atoms with Gasteiger partial charge in [-0.05, 0) is 13.8 Å². The SMILES string of the molecule is [2H]C(C)(C)OC1O[C@H](CO)[C@H](O)[C@H](O)[C@H]1O. The number of hydrogen-bond donors (Lipinski definition) is 4. The standard InChI is InChI=1S/C9H18O6/c1-4(2)14-9-8(13)7(12)6(11)5(3-10)15-9/h4-13H,3H2,1-2H3/t5-,6+,7+,8-,9?/m1/s1/i4D. The molecule has 90 valence electrons. The van der Waals surface area contributed by atoms with Gasteiger partial charge in [-0.25, -0.2) is 0 Å². The van der Waals surface area contributed by atoms with E-state index in [0.29, 0.717) is 0 Å². The predicted molar refractivity (Wildman–Crippen MR) is 50.0 cm³/mol. The Labute approximate surface area is 89.5 Å². The molecule has 6 heteroatoms. The van der Waals surface area contributed by atoms with Gasteiger partial charge in [0.1, 0.15) is 24.4 Å². The summed E-state index contributed by atoms with van der Waals surface area (Å²) in [7, 11) is 0. The quantitative estimate of drug-likeness (QED) is 0.451. The summed E-state index contributed by atoms with van der Waals surface area (Å²) in [5, 5.41) is 37.4. The molecule has 1 saturated heterocycles. The van der Waals surface area contributed by atoms with Crippen LogP contribution in [-0.4, -0.2) is 63.8 Å². The third kappa shape index (κ3) is 2.87. The first-order chi connectivity index (χ1) is 7.26. The fourth-order valence-corrected chi connectivity index (χ4v) is 1.40. The summed E-state index contributed by atoms with van der Waals surface area (Å²) in [6.45, 7) is 2.37. The minimum absolute atomic E-state index is 0.511. The number of rotatable bonds is 3. The normalized spacial score (nSPS) is 43.9. The summed E-state index contributed by atoms with van der Waals surface area (Å²) in [5.41, 5.74) is 0. The molecule has 0 bridgehead atoms. The molecule has 1 aliphatic heterocycles. The zero-order chi connectivity index (χ0) is 12.5. The second-order valence-corrected chi connectivity index (χ2v) is 3.72. The van der Waals surface area contributed by atoms with Crippen LogP contribution in [0.1, 0.15) is 15.2 Å². The van der Waals surface area contributed by atoms with E-state index in [9.17, 15) is 15.3 Å². The lowest BCUT2D eigenvalue weighted by molar-refractivity contribution is -0.308. The first kappa shape index (κ1) is 11.3. The van der Waals surface area contributed by atoms with Crippen LogP contribution < -0.4 is 0 Å². The third-order valence-electron chi connectivity index (χ3n) is 2.20. The average Bonchev–Trinajstić information content (AvgIpc) is 2.17. The van der Waals surface area contributed by atoms with Gasteiger partial charge in [0, 0.05) is 0 Å². The van der Waals surface area contributed by atoms with E-state index in [-0.39, 0.29) is 0 Å². The van der Waals surface area contributed by atoms with E-state index >= 15 is 0 Å². The Kier molecular flexibility index (Phi) is 3.90. The van der Waals surface area contributed by atoms with Gasteiger partial charge in [0.15, 0.2) is 6.29 Å². The molecule has 0 aliphatic carbocycles. The van der Waals surface area contributed by atoms with Crippen molar-refractivity contribution in [2.24, 2.45) is 0 Å². The molecule has 1 heterocycles. The molecule has 0 aromatic rings. The van der Waals surface area contributed by atoms with Crippen LogP contribution in [0.4, 0.5) is 0 Å². The van der Waals surface area contributed by atoms with Crippen molar-refractivity contribution < 1.29 is 31.3 Å². The van der Waals surface area contributed by atoms with Gasteiger partial charge in [0.25, 0.3) is 0 Å². The largest absolute Gasteiger partial charge is 0.394 e. The number of ether oxygens (including phenoxy) is 2. The molecular formula is C9H18O6. The maximum atomic E-state index is 9.56. The maximum absolute atomic E-state index is 9.56. The first-order valence-corrected chi connectivity index (χ1v) is 4.74. The number of aliphatic hydroxyl groups is 4. The summed E-state index contributed by atoms with van der Waals surface area (Å²) >= 11 is 0. The Morgan fingerprint density at radius 3 is 2.33 bits per heavy atom. The second-order valence-electron chi connectivity index (χ2n) is 3.72. The summed E-state index contributed by atoms with van der Waals surface area (Å²) in [4.78, 5) is 0. The summed E-state index contributed by atoms with van der Waals surface area (Å²) in [6, 6.07) is 0. The van der Waals surface area contributed by atoms with E-state index in [2.05, 4.69) is 0 Å². The monoisotopic (exact) mass is 223 g/mol. The highest BCUT2D eigenvalue weighted by molar-refractivity contribution is 4.88. The van der Waals surface area contributed by atoms with Gasteiger partial charge in [-0.2, -0.15) is 0 Å². The molecule has 0 amide bonds. The molecule has 5 atom stereocenters. The number of aliphatic hydroxyl groups excluding tert-OH is 4. The highest BCUT2D eigenvalue weighted by Crippen LogP contribution is 2.22. The van der Waals surface area contributed by atoms with Crippen LogP contribution >= 0.6 is 0 Å². The molecule has 15 heavy (non-hydrogen) atoms. The molecule has 0 radical (unpaired) electrons. The van der Waals surface area contributed by atoms with Crippen molar-refractivity contribution >= 4 is 0 Å². The van der Waals surface area contributed by atoms with Crippen LogP contribution in [0.3, 0.4) is 0 Å². The van der Waals surface area contributed by atoms with Gasteiger partial charge in [0.2, 0.25) is 0 Å². The van der Waals surface area contributed by atoms with Crippen molar-refractivity contribution in [2.45, 2.75) is 50.6 Å². The molecule has 6 nitrogen and oxygen atoms in total. The van der Waals surface area contributed by atoms with Crippen molar-refractivity contribution in [1.82, 2.24) is 0 Å². The molecule has 4 N–H and O–H groups in total. The van der Waals surface area contributed by atoms with Crippen LogP contribution in [0.15, 0.2) is 0 Å². The van der Waals surface area contributed by atoms with Crippen molar-refractivity contribution in [3.63, 3.8) is 0 Å². The van der Waals surface area contributed by atoms with Gasteiger partial charge in [-0.3, -0.25) is 0 Å². The third-order valence-corrected chi connectivity index (χ3v) is 2.20. The lowest BCUT2D eigenvalue weighted by atomic mass is 9.99. The molecule has 0 saturated carbocycles. The Bertz CT molecular complexity index is 229. The fraction of sp³-hybridized carbons (Fsp3) is 1.00. The summed E-state index contributed by atoms with van der Waals surface area (Å²) in [6.07, 6.45) is -7.91. The van der Waals surface area contributed by atoms with Gasteiger partial charge >= 0.3 is 0 Å². The zero-order valence-corrected chi connectivity index (χ0v) is 8.70. The molecule has 1 unspecified atom stereocenters. The van der Waals surface area contributed by atoms with Gasteiger partial charge in [-0.1, -0.05) is 0 Å². The highest BCUT2D eigenvalue weighted by Gasteiger charge is 2.44. The first-order valence-electron chi connectivity index (χ1n) is 5.24. The molecule has 0 aromatic heterocycles. The van der Waals surface area contributed by atoms with Crippen molar-refractivity contribution in [2.75, 3.05) is 6.61 Å². The Morgan fingerprint density at radius 2 is 1.87 bits per heavy atom. The van der Waals surface area contributed by atoms with Crippen LogP contribution in [0.2, 0.25) is 0 Å². The zero-order valence-electron chi connectivity index (χ0n) is 9.70.